The molecule has 0 aliphatic heterocycles. The van der Waals surface area contributed by atoms with Gasteiger partial charge >= 0.3 is 5.97 Å². The highest BCUT2D eigenvalue weighted by atomic mass is 79.9. The summed E-state index contributed by atoms with van der Waals surface area (Å²) in [6, 6.07) is 6.91. The second-order valence-corrected chi connectivity index (χ2v) is 7.61. The molecule has 1 aromatic rings. The first-order valence-corrected chi connectivity index (χ1v) is 9.69. The molecule has 0 aromatic heterocycles. The maximum Gasteiger partial charge on any atom is 0.326 e. The number of rotatable bonds is 6. The quantitative estimate of drug-likeness (QED) is 0.687. The van der Waals surface area contributed by atoms with Crippen molar-refractivity contribution in [3.8, 4) is 0 Å². The Labute approximate surface area is 162 Å². The molecule has 2 N–H and O–H groups in total. The average molecular weight is 425 g/mol. The highest BCUT2D eigenvalue weighted by molar-refractivity contribution is 9.10. The molecular weight excluding hydrogens is 400 g/mol. The third-order valence-electron chi connectivity index (χ3n) is 4.62. The lowest BCUT2D eigenvalue weighted by Gasteiger charge is -2.30. The van der Waals surface area contributed by atoms with Crippen molar-refractivity contribution in [2.75, 3.05) is 6.54 Å². The molecule has 1 aromatic carbocycles. The average Bonchev–Trinajstić information content (AvgIpc) is 2.62. The number of hydrogen-bond acceptors (Lipinski definition) is 4. The summed E-state index contributed by atoms with van der Waals surface area (Å²) in [6.45, 7) is 3.38. The zero-order valence-corrected chi connectivity index (χ0v) is 16.7. The molecule has 0 unspecified atom stereocenters. The first kappa shape index (κ1) is 20.4. The van der Waals surface area contributed by atoms with Gasteiger partial charge in [-0.2, -0.15) is 0 Å². The van der Waals surface area contributed by atoms with Crippen LogP contribution < -0.4 is 10.6 Å². The van der Waals surface area contributed by atoms with Crippen LogP contribution in [0.15, 0.2) is 28.7 Å². The molecule has 0 radical (unpaired) electrons. The summed E-state index contributed by atoms with van der Waals surface area (Å²) in [5.74, 6) is -0.880. The van der Waals surface area contributed by atoms with E-state index >= 15 is 0 Å². The van der Waals surface area contributed by atoms with Crippen LogP contribution in [0.1, 0.15) is 49.9 Å². The van der Waals surface area contributed by atoms with E-state index in [1.807, 2.05) is 0 Å². The molecule has 0 bridgehead atoms. The minimum atomic E-state index is -0.888. The Hall–Kier alpha value is -1.89. The van der Waals surface area contributed by atoms with Gasteiger partial charge in [0.15, 0.2) is 6.10 Å². The van der Waals surface area contributed by atoms with Crippen molar-refractivity contribution < 1.29 is 19.1 Å². The van der Waals surface area contributed by atoms with Gasteiger partial charge in [-0.05, 0) is 49.9 Å². The van der Waals surface area contributed by atoms with Crippen LogP contribution in [0.5, 0.6) is 0 Å². The summed E-state index contributed by atoms with van der Waals surface area (Å²) in [5.41, 5.74) is 0.443. The lowest BCUT2D eigenvalue weighted by molar-refractivity contribution is -0.154. The Bertz CT molecular complexity index is 647. The van der Waals surface area contributed by atoms with E-state index < -0.39 is 12.1 Å². The van der Waals surface area contributed by atoms with Gasteiger partial charge < -0.3 is 15.4 Å². The first-order chi connectivity index (χ1) is 12.4. The summed E-state index contributed by atoms with van der Waals surface area (Å²) in [5, 5.41) is 5.45. The topological polar surface area (TPSA) is 84.5 Å². The molecule has 2 amide bonds. The van der Waals surface area contributed by atoms with Gasteiger partial charge in [-0.1, -0.05) is 35.7 Å². The van der Waals surface area contributed by atoms with Crippen molar-refractivity contribution in [2.24, 2.45) is 5.92 Å². The lowest BCUT2D eigenvalue weighted by Crippen LogP contribution is -2.46. The van der Waals surface area contributed by atoms with Crippen molar-refractivity contribution in [3.63, 3.8) is 0 Å². The third-order valence-corrected chi connectivity index (χ3v) is 5.14. The Morgan fingerprint density at radius 3 is 2.50 bits per heavy atom. The number of halogens is 1. The highest BCUT2D eigenvalue weighted by Crippen LogP contribution is 2.23. The number of esters is 1. The molecule has 3 atom stereocenters. The largest absolute Gasteiger partial charge is 0.451 e. The number of benzene rings is 1. The van der Waals surface area contributed by atoms with Gasteiger partial charge in [-0.25, -0.2) is 0 Å². The summed E-state index contributed by atoms with van der Waals surface area (Å²) < 4.78 is 5.98. The fraction of sp³-hybridized carbons (Fsp3) is 0.526. The van der Waals surface area contributed by atoms with E-state index in [1.165, 1.54) is 13.3 Å². The first-order valence-electron chi connectivity index (χ1n) is 8.90. The predicted molar refractivity (Wildman–Crippen MR) is 102 cm³/mol. The standard InChI is InChI=1S/C19H25BrN2O4/c1-12-5-3-4-6-16(12)22-18(24)13(2)26-17(23)11-21-19(25)14-7-9-15(20)10-8-14/h7-10,12-13,16H,3-6,11H2,1-2H3,(H,21,25)(H,22,24)/t12-,13-,16-/m0/s1. The van der Waals surface area contributed by atoms with Gasteiger partial charge in [0.25, 0.3) is 11.8 Å². The van der Waals surface area contributed by atoms with Gasteiger partial charge in [0.2, 0.25) is 0 Å². The molecule has 0 saturated heterocycles. The maximum absolute atomic E-state index is 12.2. The van der Waals surface area contributed by atoms with Crippen LogP contribution in [-0.2, 0) is 14.3 Å². The highest BCUT2D eigenvalue weighted by Gasteiger charge is 2.26. The van der Waals surface area contributed by atoms with Crippen LogP contribution >= 0.6 is 15.9 Å². The second-order valence-electron chi connectivity index (χ2n) is 6.70. The van der Waals surface area contributed by atoms with Crippen molar-refractivity contribution in [1.29, 1.82) is 0 Å². The Kier molecular flexibility index (Phi) is 7.63. The molecule has 1 fully saturated rings. The summed E-state index contributed by atoms with van der Waals surface area (Å²) >= 11 is 3.29. The van der Waals surface area contributed by atoms with E-state index in [9.17, 15) is 14.4 Å². The van der Waals surface area contributed by atoms with Crippen molar-refractivity contribution >= 4 is 33.7 Å². The van der Waals surface area contributed by atoms with Gasteiger partial charge in [-0.15, -0.1) is 0 Å². The van der Waals surface area contributed by atoms with E-state index in [4.69, 9.17) is 4.74 Å². The Morgan fingerprint density at radius 1 is 1.19 bits per heavy atom. The number of carbonyl (C=O) groups excluding carboxylic acids is 3. The number of ether oxygens (including phenoxy) is 1. The van der Waals surface area contributed by atoms with Gasteiger partial charge in [0, 0.05) is 16.1 Å². The molecule has 1 aliphatic carbocycles. The van der Waals surface area contributed by atoms with E-state index in [1.54, 1.807) is 24.3 Å². The van der Waals surface area contributed by atoms with E-state index in [-0.39, 0.29) is 24.4 Å². The number of amides is 2. The van der Waals surface area contributed by atoms with Crippen LogP contribution in [0.3, 0.4) is 0 Å². The van der Waals surface area contributed by atoms with Crippen LogP contribution in [-0.4, -0.2) is 36.5 Å². The second kappa shape index (κ2) is 9.71. The van der Waals surface area contributed by atoms with Gasteiger partial charge in [0.1, 0.15) is 6.54 Å². The fourth-order valence-corrected chi connectivity index (χ4v) is 3.24. The van der Waals surface area contributed by atoms with Crippen molar-refractivity contribution in [3.05, 3.63) is 34.3 Å². The minimum absolute atomic E-state index is 0.134. The van der Waals surface area contributed by atoms with Crippen LogP contribution in [0.4, 0.5) is 0 Å². The SMILES string of the molecule is C[C@H](OC(=O)CNC(=O)c1ccc(Br)cc1)C(=O)N[C@H]1CCCC[C@@H]1C. The predicted octanol–water partition coefficient (Wildman–Crippen LogP) is 2.81. The Morgan fingerprint density at radius 2 is 1.85 bits per heavy atom. The molecular formula is C19H25BrN2O4. The zero-order chi connectivity index (χ0) is 19.1. The minimum Gasteiger partial charge on any atom is -0.451 e. The molecule has 26 heavy (non-hydrogen) atoms. The molecule has 0 spiro atoms. The molecule has 6 nitrogen and oxygen atoms in total. The third kappa shape index (κ3) is 6.12. The van der Waals surface area contributed by atoms with Crippen LogP contribution in [0.25, 0.3) is 0 Å². The summed E-state index contributed by atoms with van der Waals surface area (Å²) in [7, 11) is 0. The molecule has 0 heterocycles. The smallest absolute Gasteiger partial charge is 0.326 e. The lowest BCUT2D eigenvalue weighted by atomic mass is 9.86. The molecule has 142 valence electrons. The maximum atomic E-state index is 12.2. The summed E-state index contributed by atoms with van der Waals surface area (Å²) in [4.78, 5) is 36.0. The van der Waals surface area contributed by atoms with Crippen LogP contribution in [0, 0.1) is 5.92 Å². The number of hydrogen-bond donors (Lipinski definition) is 2. The van der Waals surface area contributed by atoms with E-state index in [0.717, 1.165) is 23.7 Å². The zero-order valence-electron chi connectivity index (χ0n) is 15.1. The normalized spacial score (nSPS) is 20.7. The monoisotopic (exact) mass is 424 g/mol. The number of carbonyl (C=O) groups is 3. The fourth-order valence-electron chi connectivity index (χ4n) is 2.98. The molecule has 7 heteroatoms. The van der Waals surface area contributed by atoms with Gasteiger partial charge in [-0.3, -0.25) is 14.4 Å². The molecule has 1 aliphatic rings. The van der Waals surface area contributed by atoms with Crippen LogP contribution in [0.2, 0.25) is 0 Å². The number of nitrogens with one attached hydrogen (secondary N) is 2. The van der Waals surface area contributed by atoms with E-state index in [0.29, 0.717) is 11.5 Å². The molecule has 1 saturated carbocycles. The van der Waals surface area contributed by atoms with E-state index in [2.05, 4.69) is 33.5 Å². The molecule has 2 rings (SSSR count). The summed E-state index contributed by atoms with van der Waals surface area (Å²) in [6.07, 6.45) is 3.46. The van der Waals surface area contributed by atoms with Crippen molar-refractivity contribution in [1.82, 2.24) is 10.6 Å². The Balaban J connectivity index is 1.74. The van der Waals surface area contributed by atoms with Crippen molar-refractivity contribution in [2.45, 2.75) is 51.7 Å². The van der Waals surface area contributed by atoms with Gasteiger partial charge in [0.05, 0.1) is 0 Å².